The van der Waals surface area contributed by atoms with Crippen LogP contribution >= 0.6 is 0 Å². The van der Waals surface area contributed by atoms with Crippen molar-refractivity contribution in [2.45, 2.75) is 44.8 Å². The van der Waals surface area contributed by atoms with Gasteiger partial charge in [-0.1, -0.05) is 0 Å². The molecule has 2 aliphatic rings. The lowest BCUT2D eigenvalue weighted by molar-refractivity contribution is -0.129. The quantitative estimate of drug-likeness (QED) is 0.787. The smallest absolute Gasteiger partial charge is 0.256 e. The maximum atomic E-state index is 12.6. The Hall–Kier alpha value is -1.55. The molecule has 102 valence electrons. The Morgan fingerprint density at radius 1 is 1.42 bits per heavy atom. The highest BCUT2D eigenvalue weighted by Gasteiger charge is 2.33. The number of nitrogen functional groups attached to an aromatic ring is 1. The van der Waals surface area contributed by atoms with Crippen molar-refractivity contribution in [1.82, 2.24) is 0 Å². The SMILES string of the molecule is CC1CCC(C(=O)N2CCCc3cc(N)ccc32)O1. The fourth-order valence-corrected chi connectivity index (χ4v) is 3.00. The molecule has 0 aliphatic carbocycles. The molecule has 1 saturated heterocycles. The van der Waals surface area contributed by atoms with Crippen LogP contribution in [-0.4, -0.2) is 24.7 Å². The Kier molecular flexibility index (Phi) is 3.19. The minimum absolute atomic E-state index is 0.107. The molecule has 4 heteroatoms. The second-order valence-electron chi connectivity index (χ2n) is 5.49. The van der Waals surface area contributed by atoms with E-state index in [-0.39, 0.29) is 18.1 Å². The van der Waals surface area contributed by atoms with E-state index >= 15 is 0 Å². The maximum Gasteiger partial charge on any atom is 0.256 e. The Morgan fingerprint density at radius 2 is 2.26 bits per heavy atom. The van der Waals surface area contributed by atoms with E-state index in [4.69, 9.17) is 10.5 Å². The summed E-state index contributed by atoms with van der Waals surface area (Å²) in [4.78, 5) is 14.4. The van der Waals surface area contributed by atoms with Crippen molar-refractivity contribution < 1.29 is 9.53 Å². The molecule has 0 saturated carbocycles. The van der Waals surface area contributed by atoms with Gasteiger partial charge in [0.2, 0.25) is 0 Å². The summed E-state index contributed by atoms with van der Waals surface area (Å²) in [5.41, 5.74) is 8.76. The minimum atomic E-state index is -0.265. The predicted molar refractivity (Wildman–Crippen MR) is 75.1 cm³/mol. The maximum absolute atomic E-state index is 12.6. The fraction of sp³-hybridized carbons (Fsp3) is 0.533. The Balaban J connectivity index is 1.85. The molecule has 1 aromatic carbocycles. The first kappa shape index (κ1) is 12.5. The third-order valence-corrected chi connectivity index (χ3v) is 4.00. The van der Waals surface area contributed by atoms with Crippen molar-refractivity contribution >= 4 is 17.3 Å². The summed E-state index contributed by atoms with van der Waals surface area (Å²) in [5.74, 6) is 0.107. The van der Waals surface area contributed by atoms with Crippen LogP contribution in [0.2, 0.25) is 0 Å². The molecule has 2 unspecified atom stereocenters. The zero-order valence-electron chi connectivity index (χ0n) is 11.3. The number of benzene rings is 1. The van der Waals surface area contributed by atoms with Crippen molar-refractivity contribution in [1.29, 1.82) is 0 Å². The summed E-state index contributed by atoms with van der Waals surface area (Å²) in [5, 5.41) is 0. The van der Waals surface area contributed by atoms with Gasteiger partial charge in [-0.15, -0.1) is 0 Å². The van der Waals surface area contributed by atoms with Gasteiger partial charge >= 0.3 is 0 Å². The van der Waals surface area contributed by atoms with Crippen molar-refractivity contribution in [3.8, 4) is 0 Å². The van der Waals surface area contributed by atoms with Gasteiger partial charge in [0.15, 0.2) is 0 Å². The predicted octanol–water partition coefficient (Wildman–Crippen LogP) is 2.12. The number of nitrogens with zero attached hydrogens (tertiary/aromatic N) is 1. The summed E-state index contributed by atoms with van der Waals surface area (Å²) < 4.78 is 5.70. The number of aryl methyl sites for hydroxylation is 1. The summed E-state index contributed by atoms with van der Waals surface area (Å²) in [7, 11) is 0. The number of amides is 1. The molecule has 0 aromatic heterocycles. The molecular formula is C15H20N2O2. The number of rotatable bonds is 1. The molecule has 2 atom stereocenters. The molecule has 0 spiro atoms. The molecule has 1 aromatic rings. The minimum Gasteiger partial charge on any atom is -0.399 e. The zero-order valence-corrected chi connectivity index (χ0v) is 11.3. The lowest BCUT2D eigenvalue weighted by atomic mass is 10.00. The molecule has 0 bridgehead atoms. The molecular weight excluding hydrogens is 240 g/mol. The van der Waals surface area contributed by atoms with E-state index in [1.54, 1.807) is 0 Å². The summed E-state index contributed by atoms with van der Waals surface area (Å²) >= 11 is 0. The van der Waals surface area contributed by atoms with Gasteiger partial charge in [0.1, 0.15) is 6.10 Å². The highest BCUT2D eigenvalue weighted by Crippen LogP contribution is 2.31. The molecule has 2 aliphatic heterocycles. The third kappa shape index (κ3) is 2.32. The average molecular weight is 260 g/mol. The molecule has 3 rings (SSSR count). The molecule has 1 fully saturated rings. The largest absolute Gasteiger partial charge is 0.399 e. The van der Waals surface area contributed by atoms with E-state index in [2.05, 4.69) is 0 Å². The molecule has 19 heavy (non-hydrogen) atoms. The highest BCUT2D eigenvalue weighted by atomic mass is 16.5. The first-order valence-corrected chi connectivity index (χ1v) is 7.00. The van der Waals surface area contributed by atoms with Gasteiger partial charge in [-0.05, 0) is 56.4 Å². The Morgan fingerprint density at radius 3 is 3.00 bits per heavy atom. The van der Waals surface area contributed by atoms with Crippen LogP contribution in [0.3, 0.4) is 0 Å². The van der Waals surface area contributed by atoms with Crippen molar-refractivity contribution in [3.05, 3.63) is 23.8 Å². The number of carbonyl (C=O) groups excluding carboxylic acids is 1. The van der Waals surface area contributed by atoms with Crippen molar-refractivity contribution in [2.24, 2.45) is 0 Å². The normalized spacial score (nSPS) is 26.3. The number of nitrogens with two attached hydrogens (primary N) is 1. The number of fused-ring (bicyclic) bond motifs is 1. The van der Waals surface area contributed by atoms with Crippen LogP contribution in [0.4, 0.5) is 11.4 Å². The lowest BCUT2D eigenvalue weighted by Crippen LogP contribution is -2.42. The molecule has 2 N–H and O–H groups in total. The average Bonchev–Trinajstić information content (AvgIpc) is 2.83. The van der Waals surface area contributed by atoms with Gasteiger partial charge in [0.05, 0.1) is 6.10 Å². The van der Waals surface area contributed by atoms with E-state index in [0.717, 1.165) is 43.6 Å². The monoisotopic (exact) mass is 260 g/mol. The number of hydrogen-bond acceptors (Lipinski definition) is 3. The van der Waals surface area contributed by atoms with E-state index in [9.17, 15) is 4.79 Å². The second kappa shape index (κ2) is 4.85. The van der Waals surface area contributed by atoms with E-state index in [1.165, 1.54) is 5.56 Å². The van der Waals surface area contributed by atoms with Crippen LogP contribution in [0.25, 0.3) is 0 Å². The topological polar surface area (TPSA) is 55.6 Å². The highest BCUT2D eigenvalue weighted by molar-refractivity contribution is 5.98. The summed E-state index contributed by atoms with van der Waals surface area (Å²) in [6.07, 6.45) is 3.72. The Bertz CT molecular complexity index is 501. The van der Waals surface area contributed by atoms with Gasteiger partial charge in [0, 0.05) is 17.9 Å². The van der Waals surface area contributed by atoms with Crippen LogP contribution in [-0.2, 0) is 16.0 Å². The third-order valence-electron chi connectivity index (χ3n) is 4.00. The number of hydrogen-bond donors (Lipinski definition) is 1. The van der Waals surface area contributed by atoms with E-state index in [0.29, 0.717) is 0 Å². The summed E-state index contributed by atoms with van der Waals surface area (Å²) in [6, 6.07) is 5.80. The van der Waals surface area contributed by atoms with E-state index < -0.39 is 0 Å². The number of anilines is 2. The van der Waals surface area contributed by atoms with Crippen LogP contribution in [0.15, 0.2) is 18.2 Å². The lowest BCUT2D eigenvalue weighted by Gasteiger charge is -2.31. The van der Waals surface area contributed by atoms with Gasteiger partial charge < -0.3 is 15.4 Å². The molecule has 2 heterocycles. The summed E-state index contributed by atoms with van der Waals surface area (Å²) in [6.45, 7) is 2.81. The molecule has 0 radical (unpaired) electrons. The number of ether oxygens (including phenoxy) is 1. The van der Waals surface area contributed by atoms with Gasteiger partial charge in [-0.2, -0.15) is 0 Å². The van der Waals surface area contributed by atoms with Gasteiger partial charge in [-0.3, -0.25) is 4.79 Å². The first-order valence-electron chi connectivity index (χ1n) is 7.00. The number of carbonyl (C=O) groups is 1. The molecule has 1 amide bonds. The van der Waals surface area contributed by atoms with Gasteiger partial charge in [-0.25, -0.2) is 0 Å². The Labute approximate surface area is 113 Å². The van der Waals surface area contributed by atoms with Gasteiger partial charge in [0.25, 0.3) is 5.91 Å². The van der Waals surface area contributed by atoms with Crippen LogP contribution in [0, 0.1) is 0 Å². The first-order chi connectivity index (χ1) is 9.15. The van der Waals surface area contributed by atoms with Crippen LogP contribution < -0.4 is 10.6 Å². The van der Waals surface area contributed by atoms with Crippen molar-refractivity contribution in [3.63, 3.8) is 0 Å². The van der Waals surface area contributed by atoms with Crippen LogP contribution in [0.5, 0.6) is 0 Å². The molecule has 4 nitrogen and oxygen atoms in total. The zero-order chi connectivity index (χ0) is 13.4. The second-order valence-corrected chi connectivity index (χ2v) is 5.49. The van der Waals surface area contributed by atoms with E-state index in [1.807, 2.05) is 30.0 Å². The fourth-order valence-electron chi connectivity index (χ4n) is 3.00. The van der Waals surface area contributed by atoms with Crippen molar-refractivity contribution in [2.75, 3.05) is 17.2 Å². The standard InChI is InChI=1S/C15H20N2O2/c1-10-4-7-14(19-10)15(18)17-8-2-3-11-9-12(16)5-6-13(11)17/h5-6,9-10,14H,2-4,7-8,16H2,1H3. The van der Waals surface area contributed by atoms with Crippen LogP contribution in [0.1, 0.15) is 31.7 Å².